The van der Waals surface area contributed by atoms with E-state index in [4.69, 9.17) is 0 Å². The van der Waals surface area contributed by atoms with Crippen molar-refractivity contribution < 1.29 is 0 Å². The van der Waals surface area contributed by atoms with E-state index in [9.17, 15) is 0 Å². The number of nitrogens with one attached hydrogen (secondary N) is 1. The van der Waals surface area contributed by atoms with Crippen molar-refractivity contribution in [2.24, 2.45) is 4.99 Å². The van der Waals surface area contributed by atoms with Crippen LogP contribution in [0.2, 0.25) is 0 Å². The smallest absolute Gasteiger partial charge is 0.195 e. The van der Waals surface area contributed by atoms with Crippen LogP contribution in [0, 0.1) is 0 Å². The number of para-hydroxylation sites is 1. The first-order chi connectivity index (χ1) is 8.58. The van der Waals surface area contributed by atoms with Crippen LogP contribution in [0.3, 0.4) is 0 Å². The molecule has 104 valence electrons. The van der Waals surface area contributed by atoms with Gasteiger partial charge in [0.2, 0.25) is 0 Å². The van der Waals surface area contributed by atoms with Crippen molar-refractivity contribution in [2.45, 2.75) is 6.54 Å². The third-order valence-corrected chi connectivity index (χ3v) is 2.78. The molecular formula is C14H21IN4. The summed E-state index contributed by atoms with van der Waals surface area (Å²) in [6.07, 6.45) is 0. The van der Waals surface area contributed by atoms with E-state index in [-0.39, 0.29) is 24.0 Å². The molecule has 1 heterocycles. The first-order valence-corrected chi connectivity index (χ1v) is 6.03. The van der Waals surface area contributed by atoms with Crippen LogP contribution in [0.5, 0.6) is 0 Å². The molecule has 2 aromatic rings. The highest BCUT2D eigenvalue weighted by Crippen LogP contribution is 2.15. The van der Waals surface area contributed by atoms with Gasteiger partial charge in [0.05, 0.1) is 6.54 Å². The number of H-pyrrole nitrogens is 1. The van der Waals surface area contributed by atoms with Crippen molar-refractivity contribution in [2.75, 3.05) is 28.2 Å². The van der Waals surface area contributed by atoms with E-state index >= 15 is 0 Å². The lowest BCUT2D eigenvalue weighted by Crippen LogP contribution is -2.35. The molecule has 0 spiro atoms. The number of hydrogen-bond acceptors (Lipinski definition) is 1. The van der Waals surface area contributed by atoms with Gasteiger partial charge >= 0.3 is 0 Å². The Kier molecular flexibility index (Phi) is 5.65. The normalized spacial score (nSPS) is 9.89. The van der Waals surface area contributed by atoms with Crippen LogP contribution in [0.4, 0.5) is 0 Å². The summed E-state index contributed by atoms with van der Waals surface area (Å²) in [6.45, 7) is 0.667. The first-order valence-electron chi connectivity index (χ1n) is 6.03. The summed E-state index contributed by atoms with van der Waals surface area (Å²) in [6, 6.07) is 10.4. The molecule has 0 bridgehead atoms. The van der Waals surface area contributed by atoms with Crippen LogP contribution in [0.1, 0.15) is 5.69 Å². The molecule has 1 N–H and O–H groups in total. The maximum atomic E-state index is 4.63. The van der Waals surface area contributed by atoms with E-state index in [1.807, 2.05) is 50.1 Å². The average Bonchev–Trinajstić information content (AvgIpc) is 2.70. The van der Waals surface area contributed by atoms with Gasteiger partial charge in [0, 0.05) is 39.4 Å². The molecule has 1 aromatic carbocycles. The minimum Gasteiger partial charge on any atom is -0.357 e. The molecule has 1 aromatic heterocycles. The zero-order valence-electron chi connectivity index (χ0n) is 11.8. The van der Waals surface area contributed by atoms with Gasteiger partial charge in [-0.2, -0.15) is 0 Å². The van der Waals surface area contributed by atoms with E-state index in [0.29, 0.717) is 6.54 Å². The van der Waals surface area contributed by atoms with E-state index in [2.05, 4.69) is 28.2 Å². The molecule has 0 fully saturated rings. The molecular weight excluding hydrogens is 351 g/mol. The van der Waals surface area contributed by atoms with Gasteiger partial charge in [-0.15, -0.1) is 24.0 Å². The van der Waals surface area contributed by atoms with Crippen LogP contribution < -0.4 is 0 Å². The zero-order valence-corrected chi connectivity index (χ0v) is 14.2. The van der Waals surface area contributed by atoms with Crippen LogP contribution >= 0.6 is 24.0 Å². The van der Waals surface area contributed by atoms with E-state index in [1.165, 1.54) is 10.9 Å². The number of fused-ring (bicyclic) bond motifs is 1. The lowest BCUT2D eigenvalue weighted by molar-refractivity contribution is 0.479. The van der Waals surface area contributed by atoms with Gasteiger partial charge < -0.3 is 14.8 Å². The van der Waals surface area contributed by atoms with Gasteiger partial charge in [-0.05, 0) is 17.5 Å². The molecule has 0 saturated carbocycles. The Morgan fingerprint density at radius 3 is 2.32 bits per heavy atom. The van der Waals surface area contributed by atoms with Crippen molar-refractivity contribution in [1.82, 2.24) is 14.8 Å². The van der Waals surface area contributed by atoms with Crippen molar-refractivity contribution >= 4 is 40.8 Å². The number of guanidine groups is 1. The number of aromatic nitrogens is 1. The Balaban J connectivity index is 0.00000180. The lowest BCUT2D eigenvalue weighted by Gasteiger charge is -2.22. The maximum Gasteiger partial charge on any atom is 0.195 e. The molecule has 4 nitrogen and oxygen atoms in total. The fourth-order valence-electron chi connectivity index (χ4n) is 2.06. The highest BCUT2D eigenvalue weighted by atomic mass is 127. The molecule has 0 unspecified atom stereocenters. The molecule has 0 atom stereocenters. The molecule has 19 heavy (non-hydrogen) atoms. The molecule has 0 aliphatic rings. The van der Waals surface area contributed by atoms with Gasteiger partial charge in [0.15, 0.2) is 5.96 Å². The lowest BCUT2D eigenvalue weighted by atomic mass is 10.2. The summed E-state index contributed by atoms with van der Waals surface area (Å²) in [7, 11) is 8.02. The van der Waals surface area contributed by atoms with Gasteiger partial charge in [0.25, 0.3) is 0 Å². The van der Waals surface area contributed by atoms with Crippen LogP contribution in [0.15, 0.2) is 35.3 Å². The Morgan fingerprint density at radius 1 is 1.11 bits per heavy atom. The van der Waals surface area contributed by atoms with Crippen molar-refractivity contribution in [3.05, 3.63) is 36.0 Å². The van der Waals surface area contributed by atoms with Crippen LogP contribution in [0.25, 0.3) is 10.9 Å². The third kappa shape index (κ3) is 3.86. The molecule has 0 saturated heterocycles. The molecule has 0 amide bonds. The average molecular weight is 372 g/mol. The van der Waals surface area contributed by atoms with Gasteiger partial charge in [-0.3, -0.25) is 0 Å². The Hall–Kier alpha value is -1.24. The molecule has 0 radical (unpaired) electrons. The summed E-state index contributed by atoms with van der Waals surface area (Å²) in [5.74, 6) is 0.966. The summed E-state index contributed by atoms with van der Waals surface area (Å²) in [4.78, 5) is 12.0. The Bertz CT molecular complexity index is 514. The second-order valence-electron chi connectivity index (χ2n) is 4.79. The van der Waals surface area contributed by atoms with Crippen LogP contribution in [-0.2, 0) is 6.54 Å². The Labute approximate surface area is 131 Å². The zero-order chi connectivity index (χ0) is 13.1. The fraction of sp³-hybridized carbons (Fsp3) is 0.357. The summed E-state index contributed by atoms with van der Waals surface area (Å²) in [5.41, 5.74) is 2.30. The van der Waals surface area contributed by atoms with Crippen molar-refractivity contribution in [3.8, 4) is 0 Å². The number of aliphatic imine (C=N–C) groups is 1. The highest BCUT2D eigenvalue weighted by molar-refractivity contribution is 14.0. The van der Waals surface area contributed by atoms with Gasteiger partial charge in [-0.25, -0.2) is 4.99 Å². The number of rotatable bonds is 2. The van der Waals surface area contributed by atoms with Crippen molar-refractivity contribution in [1.29, 1.82) is 0 Å². The molecule has 0 aliphatic carbocycles. The number of hydrogen-bond donors (Lipinski definition) is 1. The maximum absolute atomic E-state index is 4.63. The third-order valence-electron chi connectivity index (χ3n) is 2.78. The van der Waals surface area contributed by atoms with E-state index in [0.717, 1.165) is 11.7 Å². The van der Waals surface area contributed by atoms with Gasteiger partial charge in [-0.1, -0.05) is 18.2 Å². The fourth-order valence-corrected chi connectivity index (χ4v) is 2.06. The van der Waals surface area contributed by atoms with Crippen LogP contribution in [-0.4, -0.2) is 48.9 Å². The predicted molar refractivity (Wildman–Crippen MR) is 92.2 cm³/mol. The van der Waals surface area contributed by atoms with E-state index < -0.39 is 0 Å². The summed E-state index contributed by atoms with van der Waals surface area (Å²) >= 11 is 0. The number of nitrogens with zero attached hydrogens (tertiary/aromatic N) is 3. The first kappa shape index (κ1) is 15.8. The Morgan fingerprint density at radius 2 is 1.74 bits per heavy atom. The topological polar surface area (TPSA) is 34.6 Å². The van der Waals surface area contributed by atoms with Crippen molar-refractivity contribution in [3.63, 3.8) is 0 Å². The predicted octanol–water partition coefficient (Wildman–Crippen LogP) is 2.77. The minimum atomic E-state index is 0. The SMILES string of the molecule is CN(C)C(=NCc1cc2ccccc2[nH]1)N(C)C.I. The standard InChI is InChI=1S/C14H20N4.HI/c1-17(2)14(18(3)4)15-10-12-9-11-7-5-6-8-13(11)16-12;/h5-9,16H,10H2,1-4H3;1H. The molecule has 2 rings (SSSR count). The quantitative estimate of drug-likeness (QED) is 0.500. The highest BCUT2D eigenvalue weighted by Gasteiger charge is 2.04. The second kappa shape index (κ2) is 6.79. The number of aromatic amines is 1. The minimum absolute atomic E-state index is 0. The number of halogens is 1. The second-order valence-corrected chi connectivity index (χ2v) is 4.79. The summed E-state index contributed by atoms with van der Waals surface area (Å²) in [5, 5.41) is 1.24. The number of benzene rings is 1. The molecule has 0 aliphatic heterocycles. The molecule has 5 heteroatoms. The van der Waals surface area contributed by atoms with E-state index in [1.54, 1.807) is 0 Å². The summed E-state index contributed by atoms with van der Waals surface area (Å²) < 4.78 is 0. The van der Waals surface area contributed by atoms with Gasteiger partial charge in [0.1, 0.15) is 0 Å². The monoisotopic (exact) mass is 372 g/mol. The largest absolute Gasteiger partial charge is 0.357 e.